The summed E-state index contributed by atoms with van der Waals surface area (Å²) in [4.78, 5) is 11.7. The van der Waals surface area contributed by atoms with Crippen LogP contribution in [0.15, 0.2) is 29.7 Å². The smallest absolute Gasteiger partial charge is 0.190 e. The van der Waals surface area contributed by atoms with Crippen molar-refractivity contribution in [3.8, 4) is 0 Å². The molecule has 0 saturated heterocycles. The maximum absolute atomic E-state index is 5.28. The first kappa shape index (κ1) is 12.5. The summed E-state index contributed by atoms with van der Waals surface area (Å²) in [6.07, 6.45) is 11.4. The van der Waals surface area contributed by atoms with Crippen molar-refractivity contribution in [2.45, 2.75) is 38.5 Å². The minimum Gasteiger partial charge on any atom is -0.372 e. The Labute approximate surface area is 114 Å². The predicted molar refractivity (Wildman–Crippen MR) is 74.6 cm³/mol. The van der Waals surface area contributed by atoms with Gasteiger partial charge in [-0.05, 0) is 30.4 Å². The second kappa shape index (κ2) is 6.04. The van der Waals surface area contributed by atoms with Gasteiger partial charge in [0.25, 0.3) is 0 Å². The highest BCUT2D eigenvalue weighted by atomic mass is 16.7. The molecule has 102 valence electrons. The summed E-state index contributed by atoms with van der Waals surface area (Å²) in [6, 6.07) is 4.06. The third-order valence-electron chi connectivity index (χ3n) is 4.04. The van der Waals surface area contributed by atoms with Crippen LogP contribution in [0.4, 0.5) is 0 Å². The van der Waals surface area contributed by atoms with Gasteiger partial charge in [-0.3, -0.25) is 4.98 Å². The second-order valence-electron chi connectivity index (χ2n) is 5.53. The number of nitrogens with zero attached hydrogens (tertiary/aromatic N) is 3. The highest BCUT2D eigenvalue weighted by Gasteiger charge is 2.23. The van der Waals surface area contributed by atoms with E-state index in [1.54, 1.807) is 6.20 Å². The van der Waals surface area contributed by atoms with Crippen LogP contribution in [0, 0.1) is 5.92 Å². The highest BCUT2D eigenvalue weighted by Crippen LogP contribution is 2.25. The van der Waals surface area contributed by atoms with Crippen molar-refractivity contribution < 1.29 is 4.84 Å². The van der Waals surface area contributed by atoms with E-state index in [1.165, 1.54) is 37.7 Å². The van der Waals surface area contributed by atoms with Gasteiger partial charge >= 0.3 is 0 Å². The Morgan fingerprint density at radius 1 is 1.26 bits per heavy atom. The van der Waals surface area contributed by atoms with E-state index in [1.807, 2.05) is 12.3 Å². The van der Waals surface area contributed by atoms with Gasteiger partial charge in [-0.2, -0.15) is 0 Å². The molecule has 4 nitrogen and oxygen atoms in total. The van der Waals surface area contributed by atoms with Gasteiger partial charge in [-0.1, -0.05) is 30.5 Å². The number of hydrogen-bond acceptors (Lipinski definition) is 4. The van der Waals surface area contributed by atoms with E-state index in [0.717, 1.165) is 24.7 Å². The summed E-state index contributed by atoms with van der Waals surface area (Å²) >= 11 is 0. The lowest BCUT2D eigenvalue weighted by Gasteiger charge is -2.27. The zero-order chi connectivity index (χ0) is 12.9. The maximum Gasteiger partial charge on any atom is 0.190 e. The molecule has 1 aliphatic heterocycles. The van der Waals surface area contributed by atoms with Crippen LogP contribution in [-0.2, 0) is 11.3 Å². The Morgan fingerprint density at radius 3 is 2.95 bits per heavy atom. The summed E-state index contributed by atoms with van der Waals surface area (Å²) in [5, 5.41) is 4.19. The molecule has 1 aromatic heterocycles. The summed E-state index contributed by atoms with van der Waals surface area (Å²) in [7, 11) is 0. The number of aromatic nitrogens is 1. The summed E-state index contributed by atoms with van der Waals surface area (Å²) in [6.45, 7) is 1.71. The van der Waals surface area contributed by atoms with Crippen LogP contribution in [0.25, 0.3) is 0 Å². The molecule has 1 saturated carbocycles. The Balaban J connectivity index is 1.58. The van der Waals surface area contributed by atoms with Gasteiger partial charge in [0.05, 0.1) is 0 Å². The van der Waals surface area contributed by atoms with E-state index < -0.39 is 0 Å². The normalized spacial score (nSPS) is 20.2. The van der Waals surface area contributed by atoms with Crippen molar-refractivity contribution in [2.24, 2.45) is 11.1 Å². The molecule has 1 fully saturated rings. The van der Waals surface area contributed by atoms with Crippen molar-refractivity contribution in [3.63, 3.8) is 0 Å². The maximum atomic E-state index is 5.28. The Kier molecular flexibility index (Phi) is 3.96. The average molecular weight is 259 g/mol. The third kappa shape index (κ3) is 3.25. The number of amidine groups is 1. The lowest BCUT2D eigenvalue weighted by atomic mass is 9.89. The number of pyridine rings is 1. The van der Waals surface area contributed by atoms with E-state index in [2.05, 4.69) is 21.1 Å². The van der Waals surface area contributed by atoms with Gasteiger partial charge in [0.1, 0.15) is 0 Å². The van der Waals surface area contributed by atoms with Gasteiger partial charge in [0.15, 0.2) is 12.6 Å². The van der Waals surface area contributed by atoms with Crippen LogP contribution in [0.2, 0.25) is 0 Å². The van der Waals surface area contributed by atoms with Gasteiger partial charge in [-0.15, -0.1) is 0 Å². The van der Waals surface area contributed by atoms with E-state index in [9.17, 15) is 0 Å². The third-order valence-corrected chi connectivity index (χ3v) is 4.04. The molecule has 19 heavy (non-hydrogen) atoms. The van der Waals surface area contributed by atoms with Crippen LogP contribution in [-0.4, -0.2) is 29.0 Å². The predicted octanol–water partition coefficient (Wildman–Crippen LogP) is 2.81. The first-order valence-corrected chi connectivity index (χ1v) is 7.24. The summed E-state index contributed by atoms with van der Waals surface area (Å²) in [5.41, 5.74) is 1.19. The molecule has 0 bridgehead atoms. The Bertz CT molecular complexity index is 426. The lowest BCUT2D eigenvalue weighted by Crippen LogP contribution is -2.34. The summed E-state index contributed by atoms with van der Waals surface area (Å²) < 4.78 is 0. The number of oxime groups is 1. The topological polar surface area (TPSA) is 37.7 Å². The van der Waals surface area contributed by atoms with Crippen LogP contribution in [0.1, 0.15) is 37.7 Å². The standard InChI is InChI=1S/C15H21N3O/c1-2-5-13(6-3-1)11-18-12-19-17-15(18)9-14-7-4-8-16-10-14/h4,7-8,10,13H,1-3,5-6,9,11-12H2. The van der Waals surface area contributed by atoms with Gasteiger partial charge in [0, 0.05) is 25.4 Å². The van der Waals surface area contributed by atoms with Crippen LogP contribution < -0.4 is 0 Å². The van der Waals surface area contributed by atoms with Gasteiger partial charge < -0.3 is 9.74 Å². The zero-order valence-electron chi connectivity index (χ0n) is 11.3. The van der Waals surface area contributed by atoms with Gasteiger partial charge in [-0.25, -0.2) is 0 Å². The Morgan fingerprint density at radius 2 is 2.16 bits per heavy atom. The molecule has 1 aliphatic carbocycles. The van der Waals surface area contributed by atoms with Gasteiger partial charge in [0.2, 0.25) is 0 Å². The van der Waals surface area contributed by atoms with E-state index in [4.69, 9.17) is 4.84 Å². The quantitative estimate of drug-likeness (QED) is 0.834. The average Bonchev–Trinajstić information content (AvgIpc) is 2.88. The molecule has 4 heteroatoms. The fourth-order valence-corrected chi connectivity index (χ4v) is 2.97. The largest absolute Gasteiger partial charge is 0.372 e. The molecule has 0 amide bonds. The van der Waals surface area contributed by atoms with Crippen molar-refractivity contribution >= 4 is 5.84 Å². The molecular formula is C15H21N3O. The van der Waals surface area contributed by atoms with Crippen molar-refractivity contribution in [2.75, 3.05) is 13.3 Å². The summed E-state index contributed by atoms with van der Waals surface area (Å²) in [5.74, 6) is 1.87. The Hall–Kier alpha value is -1.58. The lowest BCUT2D eigenvalue weighted by molar-refractivity contribution is 0.0982. The molecule has 0 aromatic carbocycles. The SMILES string of the molecule is c1cncc(CC2=NOCN2CC2CCCCC2)c1. The molecule has 1 aromatic rings. The molecule has 0 radical (unpaired) electrons. The number of rotatable bonds is 4. The second-order valence-corrected chi connectivity index (χ2v) is 5.53. The fourth-order valence-electron chi connectivity index (χ4n) is 2.97. The van der Waals surface area contributed by atoms with Crippen LogP contribution >= 0.6 is 0 Å². The monoisotopic (exact) mass is 259 g/mol. The van der Waals surface area contributed by atoms with E-state index in [-0.39, 0.29) is 0 Å². The molecule has 0 unspecified atom stereocenters. The van der Waals surface area contributed by atoms with Crippen molar-refractivity contribution in [1.82, 2.24) is 9.88 Å². The van der Waals surface area contributed by atoms with E-state index >= 15 is 0 Å². The molecule has 3 rings (SSSR count). The van der Waals surface area contributed by atoms with Crippen LogP contribution in [0.3, 0.4) is 0 Å². The molecule has 2 heterocycles. The molecule has 0 N–H and O–H groups in total. The fraction of sp³-hybridized carbons (Fsp3) is 0.600. The van der Waals surface area contributed by atoms with Crippen molar-refractivity contribution in [1.29, 1.82) is 0 Å². The minimum atomic E-state index is 0.617. The first-order valence-electron chi connectivity index (χ1n) is 7.24. The van der Waals surface area contributed by atoms with Crippen molar-refractivity contribution in [3.05, 3.63) is 30.1 Å². The zero-order valence-corrected chi connectivity index (χ0v) is 11.3. The molecular weight excluding hydrogens is 238 g/mol. The first-order chi connectivity index (χ1) is 9.42. The van der Waals surface area contributed by atoms with E-state index in [0.29, 0.717) is 6.73 Å². The molecule has 0 atom stereocenters. The van der Waals surface area contributed by atoms with Crippen LogP contribution in [0.5, 0.6) is 0 Å². The molecule has 0 spiro atoms. The minimum absolute atomic E-state index is 0.617. The number of hydrogen-bond donors (Lipinski definition) is 0. The highest BCUT2D eigenvalue weighted by molar-refractivity contribution is 5.84. The molecule has 2 aliphatic rings.